The summed E-state index contributed by atoms with van der Waals surface area (Å²) < 4.78 is 10.9. The van der Waals surface area contributed by atoms with Crippen molar-refractivity contribution in [2.75, 3.05) is 7.11 Å². The number of rotatable bonds is 6. The molecule has 2 amide bonds. The molecule has 0 saturated heterocycles. The third-order valence-electron chi connectivity index (χ3n) is 4.45. The molecule has 146 valence electrons. The zero-order valence-corrected chi connectivity index (χ0v) is 16.4. The van der Waals surface area contributed by atoms with Crippen LogP contribution in [0.2, 0.25) is 5.02 Å². The Morgan fingerprint density at radius 3 is 2.54 bits per heavy atom. The Morgan fingerprint density at radius 2 is 1.86 bits per heavy atom. The predicted octanol–water partition coefficient (Wildman–Crippen LogP) is 4.11. The molecule has 0 spiro atoms. The molecule has 28 heavy (non-hydrogen) atoms. The lowest BCUT2D eigenvalue weighted by Gasteiger charge is -2.29. The number of carbonyl (C=O) groups excluding carboxylic acids is 2. The summed E-state index contributed by atoms with van der Waals surface area (Å²) >= 11 is 5.92. The zero-order valence-electron chi connectivity index (χ0n) is 15.6. The van der Waals surface area contributed by atoms with Crippen LogP contribution in [0.15, 0.2) is 59.8 Å². The van der Waals surface area contributed by atoms with E-state index in [1.54, 1.807) is 18.2 Å². The van der Waals surface area contributed by atoms with E-state index < -0.39 is 12.0 Å². The van der Waals surface area contributed by atoms with E-state index in [2.05, 4.69) is 10.6 Å². The average molecular weight is 401 g/mol. The third-order valence-corrected chi connectivity index (χ3v) is 4.70. The fourth-order valence-corrected chi connectivity index (χ4v) is 3.20. The summed E-state index contributed by atoms with van der Waals surface area (Å²) in [5.41, 5.74) is 2.53. The van der Waals surface area contributed by atoms with Crippen molar-refractivity contribution in [1.29, 1.82) is 0 Å². The van der Waals surface area contributed by atoms with Crippen molar-refractivity contribution in [2.24, 2.45) is 0 Å². The van der Waals surface area contributed by atoms with E-state index in [0.29, 0.717) is 40.6 Å². The summed E-state index contributed by atoms with van der Waals surface area (Å²) in [5, 5.41) is 6.15. The third kappa shape index (κ3) is 4.28. The normalized spacial score (nSPS) is 16.2. The molecule has 0 fully saturated rings. The van der Waals surface area contributed by atoms with Gasteiger partial charge in [0.1, 0.15) is 12.4 Å². The first kappa shape index (κ1) is 19.8. The van der Waals surface area contributed by atoms with Crippen molar-refractivity contribution in [3.05, 3.63) is 76.0 Å². The second-order valence-corrected chi connectivity index (χ2v) is 6.66. The number of esters is 1. The first-order valence-electron chi connectivity index (χ1n) is 8.88. The van der Waals surface area contributed by atoms with Gasteiger partial charge in [-0.05, 0) is 30.2 Å². The Kier molecular flexibility index (Phi) is 6.21. The Morgan fingerprint density at radius 1 is 1.14 bits per heavy atom. The molecular formula is C21H21ClN2O4. The molecule has 7 heteroatoms. The van der Waals surface area contributed by atoms with Crippen LogP contribution in [0.1, 0.15) is 30.5 Å². The molecule has 1 unspecified atom stereocenters. The van der Waals surface area contributed by atoms with Crippen LogP contribution in [0.25, 0.3) is 0 Å². The molecule has 1 heterocycles. The van der Waals surface area contributed by atoms with Gasteiger partial charge in [-0.3, -0.25) is 0 Å². The molecule has 0 bridgehead atoms. The van der Waals surface area contributed by atoms with E-state index in [4.69, 9.17) is 21.1 Å². The Bertz CT molecular complexity index is 909. The highest BCUT2D eigenvalue weighted by atomic mass is 35.5. The number of urea groups is 1. The zero-order chi connectivity index (χ0) is 20.1. The molecular weight excluding hydrogens is 380 g/mol. The van der Waals surface area contributed by atoms with Crippen molar-refractivity contribution in [3.63, 3.8) is 0 Å². The topological polar surface area (TPSA) is 76.7 Å². The van der Waals surface area contributed by atoms with Crippen LogP contribution in [0.3, 0.4) is 0 Å². The number of hydrogen-bond donors (Lipinski definition) is 2. The molecule has 1 aliphatic heterocycles. The van der Waals surface area contributed by atoms with E-state index >= 15 is 0 Å². The van der Waals surface area contributed by atoms with Gasteiger partial charge in [-0.25, -0.2) is 9.59 Å². The first-order valence-corrected chi connectivity index (χ1v) is 9.26. The summed E-state index contributed by atoms with van der Waals surface area (Å²) in [4.78, 5) is 24.6. The highest BCUT2D eigenvalue weighted by Crippen LogP contribution is 2.34. The number of allylic oxidation sites excluding steroid dienone is 1. The van der Waals surface area contributed by atoms with Gasteiger partial charge in [-0.1, -0.05) is 48.9 Å². The summed E-state index contributed by atoms with van der Waals surface area (Å²) in [6.45, 7) is 2.19. The Balaban J connectivity index is 1.94. The number of halogens is 1. The van der Waals surface area contributed by atoms with E-state index in [0.717, 1.165) is 5.56 Å². The minimum absolute atomic E-state index is 0.324. The van der Waals surface area contributed by atoms with Gasteiger partial charge >= 0.3 is 12.0 Å². The number of hydrogen-bond acceptors (Lipinski definition) is 4. The lowest BCUT2D eigenvalue weighted by molar-refractivity contribution is -0.136. The standard InChI is InChI=1S/C21H21ClN2O4/c1-3-16-18(20(25)27-2)19(24-21(26)23-16)15-6-4-5-7-17(15)28-12-13-8-10-14(22)11-9-13/h4-11,19H,3,12H2,1-2H3,(H2,23,24,26). The molecule has 0 saturated carbocycles. The molecule has 2 aromatic carbocycles. The van der Waals surface area contributed by atoms with Gasteiger partial charge in [0.25, 0.3) is 0 Å². The van der Waals surface area contributed by atoms with Crippen LogP contribution in [0.4, 0.5) is 4.79 Å². The summed E-state index contributed by atoms with van der Waals surface area (Å²) in [6.07, 6.45) is 0.488. The molecule has 2 aromatic rings. The highest BCUT2D eigenvalue weighted by molar-refractivity contribution is 6.30. The lowest BCUT2D eigenvalue weighted by atomic mass is 9.93. The van der Waals surface area contributed by atoms with Crippen LogP contribution in [0.5, 0.6) is 5.75 Å². The monoisotopic (exact) mass is 400 g/mol. The maximum Gasteiger partial charge on any atom is 0.337 e. The van der Waals surface area contributed by atoms with Gasteiger partial charge in [0.2, 0.25) is 0 Å². The molecule has 0 radical (unpaired) electrons. The maximum absolute atomic E-state index is 12.4. The SMILES string of the molecule is CCC1=C(C(=O)OC)C(c2ccccc2OCc2ccc(Cl)cc2)NC(=O)N1. The Hall–Kier alpha value is -2.99. The molecule has 3 rings (SSSR count). The molecule has 1 aliphatic rings. The van der Waals surface area contributed by atoms with Gasteiger partial charge in [0.05, 0.1) is 18.7 Å². The molecule has 6 nitrogen and oxygen atoms in total. The molecule has 1 atom stereocenters. The number of methoxy groups -OCH3 is 1. The lowest BCUT2D eigenvalue weighted by Crippen LogP contribution is -2.45. The van der Waals surface area contributed by atoms with Crippen LogP contribution in [0, 0.1) is 0 Å². The number of para-hydroxylation sites is 1. The maximum atomic E-state index is 12.4. The van der Waals surface area contributed by atoms with Gasteiger partial charge in [-0.15, -0.1) is 0 Å². The van der Waals surface area contributed by atoms with Crippen LogP contribution in [-0.2, 0) is 16.1 Å². The first-order chi connectivity index (χ1) is 13.5. The molecule has 0 aliphatic carbocycles. The minimum atomic E-state index is -0.669. The van der Waals surface area contributed by atoms with Crippen LogP contribution in [-0.4, -0.2) is 19.1 Å². The summed E-state index contributed by atoms with van der Waals surface area (Å²) in [7, 11) is 1.32. The highest BCUT2D eigenvalue weighted by Gasteiger charge is 2.34. The van der Waals surface area contributed by atoms with E-state index in [-0.39, 0.29) is 6.03 Å². The van der Waals surface area contributed by atoms with Gasteiger partial charge in [0, 0.05) is 16.3 Å². The van der Waals surface area contributed by atoms with E-state index in [1.165, 1.54) is 7.11 Å². The van der Waals surface area contributed by atoms with Gasteiger partial charge in [-0.2, -0.15) is 0 Å². The predicted molar refractivity (Wildman–Crippen MR) is 106 cm³/mol. The second-order valence-electron chi connectivity index (χ2n) is 6.22. The van der Waals surface area contributed by atoms with Crippen molar-refractivity contribution >= 4 is 23.6 Å². The fraction of sp³-hybridized carbons (Fsp3) is 0.238. The quantitative estimate of drug-likeness (QED) is 0.715. The molecule has 2 N–H and O–H groups in total. The number of benzene rings is 2. The van der Waals surface area contributed by atoms with Crippen LogP contribution >= 0.6 is 11.6 Å². The van der Waals surface area contributed by atoms with Crippen molar-refractivity contribution in [1.82, 2.24) is 10.6 Å². The van der Waals surface area contributed by atoms with E-state index in [1.807, 2.05) is 37.3 Å². The van der Waals surface area contributed by atoms with Crippen molar-refractivity contribution < 1.29 is 19.1 Å². The number of amides is 2. The summed E-state index contributed by atoms with van der Waals surface area (Å²) in [5.74, 6) is 0.0726. The smallest absolute Gasteiger partial charge is 0.337 e. The van der Waals surface area contributed by atoms with Gasteiger partial charge in [0.15, 0.2) is 0 Å². The number of ether oxygens (including phenoxy) is 2. The number of nitrogens with one attached hydrogen (secondary N) is 2. The summed E-state index contributed by atoms with van der Waals surface area (Å²) in [6, 6.07) is 13.6. The Labute approximate surface area is 168 Å². The van der Waals surface area contributed by atoms with Gasteiger partial charge < -0.3 is 20.1 Å². The van der Waals surface area contributed by atoms with Crippen LogP contribution < -0.4 is 15.4 Å². The fourth-order valence-electron chi connectivity index (χ4n) is 3.07. The second kappa shape index (κ2) is 8.80. The largest absolute Gasteiger partial charge is 0.489 e. The minimum Gasteiger partial charge on any atom is -0.489 e. The van der Waals surface area contributed by atoms with E-state index in [9.17, 15) is 9.59 Å². The number of carbonyl (C=O) groups is 2. The van der Waals surface area contributed by atoms with Crippen molar-refractivity contribution in [2.45, 2.75) is 26.0 Å². The molecule has 0 aromatic heterocycles. The average Bonchev–Trinajstić information content (AvgIpc) is 2.72. The van der Waals surface area contributed by atoms with Crippen molar-refractivity contribution in [3.8, 4) is 5.75 Å².